The Balaban J connectivity index is 1.72. The third kappa shape index (κ3) is 5.61. The summed E-state index contributed by atoms with van der Waals surface area (Å²) in [6.07, 6.45) is 2.65. The Morgan fingerprint density at radius 2 is 1.74 bits per heavy atom. The van der Waals surface area contributed by atoms with Gasteiger partial charge in [-0.25, -0.2) is 14.3 Å². The number of aryl methyl sites for hydroxylation is 1. The van der Waals surface area contributed by atoms with Crippen LogP contribution < -0.4 is 20.9 Å². The van der Waals surface area contributed by atoms with Crippen molar-refractivity contribution in [3.63, 3.8) is 0 Å². The largest absolute Gasteiger partial charge is 0.496 e. The quantitative estimate of drug-likeness (QED) is 0.269. The SMILES string of the molecule is CCn1nc(-c2cccc(-c3cc(C(=O)O)ccc3OC)c2)cc(NC(=O)Nc2c(Cl)cncc2Cl)c1=O. The van der Waals surface area contributed by atoms with Gasteiger partial charge in [0.2, 0.25) is 0 Å². The summed E-state index contributed by atoms with van der Waals surface area (Å²) in [5.41, 5.74) is 1.99. The fraction of sp³-hybridized carbons (Fsp3) is 0.115. The average molecular weight is 554 g/mol. The summed E-state index contributed by atoms with van der Waals surface area (Å²) >= 11 is 12.1. The molecule has 0 aliphatic heterocycles. The second kappa shape index (κ2) is 11.3. The first-order valence-corrected chi connectivity index (χ1v) is 12.0. The van der Waals surface area contributed by atoms with Gasteiger partial charge in [-0.1, -0.05) is 41.4 Å². The highest BCUT2D eigenvalue weighted by atomic mass is 35.5. The van der Waals surface area contributed by atoms with Crippen LogP contribution in [0.15, 0.2) is 65.7 Å². The number of carboxylic acids is 1. The van der Waals surface area contributed by atoms with Crippen LogP contribution in [-0.4, -0.2) is 39.0 Å². The Labute approximate surface area is 226 Å². The molecule has 0 bridgehead atoms. The first-order chi connectivity index (χ1) is 18.2. The van der Waals surface area contributed by atoms with Crippen molar-refractivity contribution in [3.8, 4) is 28.1 Å². The molecular formula is C26H21Cl2N5O5. The highest BCUT2D eigenvalue weighted by Crippen LogP contribution is 2.33. The molecule has 12 heteroatoms. The lowest BCUT2D eigenvalue weighted by Crippen LogP contribution is -2.29. The molecule has 0 unspecified atom stereocenters. The van der Waals surface area contributed by atoms with E-state index in [1.165, 1.54) is 42.4 Å². The van der Waals surface area contributed by atoms with Crippen molar-refractivity contribution in [1.29, 1.82) is 0 Å². The Morgan fingerprint density at radius 3 is 2.39 bits per heavy atom. The molecule has 2 aromatic heterocycles. The minimum atomic E-state index is -1.06. The highest BCUT2D eigenvalue weighted by Gasteiger charge is 2.16. The lowest BCUT2D eigenvalue weighted by molar-refractivity contribution is 0.0697. The number of carbonyl (C=O) groups excluding carboxylic acids is 1. The summed E-state index contributed by atoms with van der Waals surface area (Å²) in [6.45, 7) is 2.00. The number of pyridine rings is 1. The van der Waals surface area contributed by atoms with Gasteiger partial charge < -0.3 is 20.5 Å². The maximum absolute atomic E-state index is 12.9. The number of nitrogens with one attached hydrogen (secondary N) is 2. The van der Waals surface area contributed by atoms with Crippen LogP contribution in [-0.2, 0) is 6.54 Å². The minimum absolute atomic E-state index is 0.0218. The molecule has 4 aromatic rings. The summed E-state index contributed by atoms with van der Waals surface area (Å²) in [5.74, 6) is -0.573. The van der Waals surface area contributed by atoms with Crippen molar-refractivity contribution in [2.24, 2.45) is 0 Å². The van der Waals surface area contributed by atoms with Gasteiger partial charge in [0.1, 0.15) is 11.4 Å². The van der Waals surface area contributed by atoms with Crippen LogP contribution in [0.2, 0.25) is 10.0 Å². The predicted molar refractivity (Wildman–Crippen MR) is 145 cm³/mol. The van der Waals surface area contributed by atoms with Crippen molar-refractivity contribution in [2.45, 2.75) is 13.5 Å². The molecule has 0 fully saturated rings. The smallest absolute Gasteiger partial charge is 0.335 e. The number of carbonyl (C=O) groups is 2. The van der Waals surface area contributed by atoms with Gasteiger partial charge in [0.25, 0.3) is 5.56 Å². The Morgan fingerprint density at radius 1 is 1.03 bits per heavy atom. The van der Waals surface area contributed by atoms with E-state index < -0.39 is 17.6 Å². The van der Waals surface area contributed by atoms with Gasteiger partial charge in [0.15, 0.2) is 0 Å². The fourth-order valence-corrected chi connectivity index (χ4v) is 4.16. The molecule has 38 heavy (non-hydrogen) atoms. The van der Waals surface area contributed by atoms with Gasteiger partial charge >= 0.3 is 12.0 Å². The topological polar surface area (TPSA) is 135 Å². The monoisotopic (exact) mass is 553 g/mol. The van der Waals surface area contributed by atoms with E-state index in [2.05, 4.69) is 20.7 Å². The average Bonchev–Trinajstić information content (AvgIpc) is 2.91. The van der Waals surface area contributed by atoms with E-state index in [9.17, 15) is 19.5 Å². The zero-order valence-electron chi connectivity index (χ0n) is 20.2. The number of urea groups is 1. The summed E-state index contributed by atoms with van der Waals surface area (Å²) in [5, 5.41) is 19.2. The number of ether oxygens (including phenoxy) is 1. The van der Waals surface area contributed by atoms with E-state index in [0.29, 0.717) is 28.1 Å². The number of carboxylic acid groups (broad SMARTS) is 1. The van der Waals surface area contributed by atoms with E-state index in [0.717, 1.165) is 0 Å². The second-order valence-electron chi connectivity index (χ2n) is 7.92. The van der Waals surface area contributed by atoms with E-state index in [-0.39, 0.29) is 33.5 Å². The van der Waals surface area contributed by atoms with Gasteiger partial charge in [-0.05, 0) is 42.8 Å². The zero-order chi connectivity index (χ0) is 27.4. The van der Waals surface area contributed by atoms with Crippen LogP contribution in [0.3, 0.4) is 0 Å². The Hall–Kier alpha value is -4.41. The maximum atomic E-state index is 12.9. The molecule has 0 aliphatic rings. The van der Waals surface area contributed by atoms with Gasteiger partial charge in [-0.15, -0.1) is 0 Å². The summed E-state index contributed by atoms with van der Waals surface area (Å²) in [6, 6.07) is 12.4. The molecule has 0 saturated heterocycles. The van der Waals surface area contributed by atoms with Crippen LogP contribution >= 0.6 is 23.2 Å². The minimum Gasteiger partial charge on any atom is -0.496 e. The molecule has 0 spiro atoms. The highest BCUT2D eigenvalue weighted by molar-refractivity contribution is 6.39. The number of halogens is 2. The normalized spacial score (nSPS) is 10.6. The summed E-state index contributed by atoms with van der Waals surface area (Å²) < 4.78 is 6.65. The van der Waals surface area contributed by atoms with Crippen molar-refractivity contribution >= 4 is 46.6 Å². The summed E-state index contributed by atoms with van der Waals surface area (Å²) in [4.78, 5) is 40.9. The Kier molecular flexibility index (Phi) is 7.94. The van der Waals surface area contributed by atoms with Crippen LogP contribution in [0.1, 0.15) is 17.3 Å². The molecule has 2 aromatic carbocycles. The standard InChI is InChI=1S/C26H21Cl2N5O5/c1-3-33-24(34)21(30-26(37)31-23-18(27)12-29-13-19(23)28)11-20(32-33)15-6-4-5-14(9-15)17-10-16(25(35)36)7-8-22(17)38-2/h4-13H,3H2,1-2H3,(H,35,36)(H2,29,30,31,37). The number of benzene rings is 2. The zero-order valence-corrected chi connectivity index (χ0v) is 21.7. The molecule has 0 saturated carbocycles. The first kappa shape index (κ1) is 26.6. The molecule has 0 atom stereocenters. The molecular weight excluding hydrogens is 533 g/mol. The van der Waals surface area contributed by atoms with Crippen LogP contribution in [0.4, 0.5) is 16.2 Å². The van der Waals surface area contributed by atoms with Gasteiger partial charge in [-0.3, -0.25) is 9.78 Å². The number of nitrogens with zero attached hydrogens (tertiary/aromatic N) is 3. The molecule has 2 heterocycles. The van der Waals surface area contributed by atoms with E-state index in [1.54, 1.807) is 37.3 Å². The molecule has 3 N–H and O–H groups in total. The molecule has 0 aliphatic carbocycles. The molecule has 0 radical (unpaired) electrons. The maximum Gasteiger partial charge on any atom is 0.335 e. The number of aromatic carboxylic acids is 1. The molecule has 4 rings (SSSR count). The van der Waals surface area contributed by atoms with Gasteiger partial charge in [0, 0.05) is 30.1 Å². The number of aromatic nitrogens is 3. The number of hydrogen-bond acceptors (Lipinski definition) is 6. The lowest BCUT2D eigenvalue weighted by Gasteiger charge is -2.14. The third-order valence-corrected chi connectivity index (χ3v) is 6.10. The van der Waals surface area contributed by atoms with Crippen molar-refractivity contribution in [1.82, 2.24) is 14.8 Å². The molecule has 2 amide bonds. The van der Waals surface area contributed by atoms with E-state index >= 15 is 0 Å². The Bertz CT molecular complexity index is 1590. The van der Waals surface area contributed by atoms with Gasteiger partial charge in [0.05, 0.1) is 34.1 Å². The number of anilines is 2. The van der Waals surface area contributed by atoms with Crippen molar-refractivity contribution in [3.05, 3.63) is 86.9 Å². The number of methoxy groups -OCH3 is 1. The number of rotatable bonds is 7. The lowest BCUT2D eigenvalue weighted by atomic mass is 9.99. The second-order valence-corrected chi connectivity index (χ2v) is 8.74. The van der Waals surface area contributed by atoms with E-state index in [4.69, 9.17) is 27.9 Å². The van der Waals surface area contributed by atoms with Crippen LogP contribution in [0, 0.1) is 0 Å². The summed E-state index contributed by atoms with van der Waals surface area (Å²) in [7, 11) is 1.50. The van der Waals surface area contributed by atoms with Gasteiger partial charge in [-0.2, -0.15) is 5.10 Å². The van der Waals surface area contributed by atoms with E-state index in [1.807, 2.05) is 0 Å². The van der Waals surface area contributed by atoms with Crippen molar-refractivity contribution in [2.75, 3.05) is 17.7 Å². The number of hydrogen-bond donors (Lipinski definition) is 3. The first-order valence-electron chi connectivity index (χ1n) is 11.2. The predicted octanol–water partition coefficient (Wildman–Crippen LogP) is 5.65. The molecule has 10 nitrogen and oxygen atoms in total. The van der Waals surface area contributed by atoms with Crippen molar-refractivity contribution < 1.29 is 19.4 Å². The fourth-order valence-electron chi connectivity index (χ4n) is 3.70. The third-order valence-electron chi connectivity index (χ3n) is 5.53. The number of amides is 2. The van der Waals surface area contributed by atoms with Crippen LogP contribution in [0.25, 0.3) is 22.4 Å². The van der Waals surface area contributed by atoms with Crippen LogP contribution in [0.5, 0.6) is 5.75 Å². The molecule has 194 valence electrons.